The van der Waals surface area contributed by atoms with E-state index in [0.717, 1.165) is 79.5 Å². The highest BCUT2D eigenvalue weighted by Crippen LogP contribution is 2.28. The van der Waals surface area contributed by atoms with Crippen LogP contribution in [0.15, 0.2) is 246 Å². The Morgan fingerprint density at radius 3 is 1.19 bits per heavy atom. The highest BCUT2D eigenvalue weighted by Gasteiger charge is 2.03. The van der Waals surface area contributed by atoms with Gasteiger partial charge in [-0.2, -0.15) is 0 Å². The van der Waals surface area contributed by atoms with Gasteiger partial charge in [-0.3, -0.25) is 4.99 Å². The number of hydrogen-bond donors (Lipinski definition) is 3. The van der Waals surface area contributed by atoms with Gasteiger partial charge in [-0.1, -0.05) is 72.8 Å². The third-order valence-electron chi connectivity index (χ3n) is 9.35. The molecular formula is C55H52N4O3. The summed E-state index contributed by atoms with van der Waals surface area (Å²) in [7, 11) is 0. The smallest absolute Gasteiger partial charge is 0.129 e. The van der Waals surface area contributed by atoms with Crippen molar-refractivity contribution in [2.75, 3.05) is 16.0 Å². The lowest BCUT2D eigenvalue weighted by molar-refractivity contribution is 0.482. The Morgan fingerprint density at radius 2 is 0.742 bits per heavy atom. The van der Waals surface area contributed by atoms with Gasteiger partial charge in [-0.15, -0.1) is 0 Å². The van der Waals surface area contributed by atoms with Gasteiger partial charge in [0.15, 0.2) is 0 Å². The first kappa shape index (κ1) is 43.5. The molecule has 0 saturated heterocycles. The van der Waals surface area contributed by atoms with E-state index in [9.17, 15) is 0 Å². The normalized spacial score (nSPS) is 12.6. The van der Waals surface area contributed by atoms with Crippen molar-refractivity contribution in [3.05, 3.63) is 241 Å². The molecule has 0 bridgehead atoms. The van der Waals surface area contributed by atoms with Gasteiger partial charge in [-0.05, 0) is 165 Å². The SMILES string of the molecule is C/C=C(C=Nc1ccc(Oc2ccc(N\C=C/C(=C\C)C(/C=C\Nc3cccc(Oc4ccccc4)c3)=C/C)cc2)cc1)/C(/C=C\Nc1cccc(Oc2ccccc2)c1)=C/C. The second-order valence-corrected chi connectivity index (χ2v) is 13.7. The van der Waals surface area contributed by atoms with E-state index in [1.54, 1.807) is 0 Å². The van der Waals surface area contributed by atoms with Crippen molar-refractivity contribution >= 4 is 29.0 Å². The van der Waals surface area contributed by atoms with Crippen molar-refractivity contribution in [2.24, 2.45) is 4.99 Å². The Morgan fingerprint density at radius 1 is 0.371 bits per heavy atom. The number of para-hydroxylation sites is 2. The number of nitrogens with zero attached hydrogens (tertiary/aromatic N) is 1. The van der Waals surface area contributed by atoms with Gasteiger partial charge in [0.25, 0.3) is 0 Å². The average Bonchev–Trinajstić information content (AvgIpc) is 3.31. The molecule has 0 aliphatic heterocycles. The molecule has 0 aliphatic rings. The molecule has 0 aromatic heterocycles. The van der Waals surface area contributed by atoms with Crippen LogP contribution in [0.2, 0.25) is 0 Å². The second kappa shape index (κ2) is 23.5. The summed E-state index contributed by atoms with van der Waals surface area (Å²) in [4.78, 5) is 4.73. The van der Waals surface area contributed by atoms with Crippen molar-refractivity contribution in [1.82, 2.24) is 0 Å². The van der Waals surface area contributed by atoms with Gasteiger partial charge in [0, 0.05) is 54.0 Å². The predicted octanol–water partition coefficient (Wildman–Crippen LogP) is 15.7. The highest BCUT2D eigenvalue weighted by atomic mass is 16.5. The highest BCUT2D eigenvalue weighted by molar-refractivity contribution is 5.87. The average molecular weight is 817 g/mol. The molecule has 6 aromatic rings. The molecule has 7 heteroatoms. The molecule has 0 heterocycles. The zero-order valence-corrected chi connectivity index (χ0v) is 35.5. The number of nitrogens with one attached hydrogen (secondary N) is 3. The summed E-state index contributed by atoms with van der Waals surface area (Å²) in [5.74, 6) is 4.59. The van der Waals surface area contributed by atoms with Crippen LogP contribution in [-0.4, -0.2) is 6.21 Å². The lowest BCUT2D eigenvalue weighted by atomic mass is 10.1. The first-order valence-corrected chi connectivity index (χ1v) is 20.5. The minimum atomic E-state index is 0.726. The number of hydrogen-bond acceptors (Lipinski definition) is 7. The zero-order valence-electron chi connectivity index (χ0n) is 35.5. The van der Waals surface area contributed by atoms with E-state index in [4.69, 9.17) is 19.2 Å². The van der Waals surface area contributed by atoms with Crippen molar-refractivity contribution in [3.8, 4) is 34.5 Å². The van der Waals surface area contributed by atoms with E-state index in [0.29, 0.717) is 0 Å². The topological polar surface area (TPSA) is 76.1 Å². The molecule has 3 N–H and O–H groups in total. The van der Waals surface area contributed by atoms with Gasteiger partial charge >= 0.3 is 0 Å². The first-order chi connectivity index (χ1) is 30.5. The number of aliphatic imine (C=N–C) groups is 1. The molecule has 0 radical (unpaired) electrons. The van der Waals surface area contributed by atoms with E-state index in [1.807, 2.05) is 222 Å². The fourth-order valence-corrected chi connectivity index (χ4v) is 6.12. The Balaban J connectivity index is 0.955. The standard InChI is InChI=1S/C55H52N4O3/c1-5-42(43(6-2)34-37-57-48-17-15-23-54(39-48)61-50-19-11-9-12-20-50)33-36-56-46-25-29-52(30-26-46)60-53-31-27-47(28-32-53)59-41-45(8-4)44(7-3)35-38-58-49-18-16-24-55(40-49)62-51-21-13-10-14-22-51/h5-41,56-58H,1-4H3/b36-33-,37-34-,38-35-,42-5+,43-6+,44-7+,45-8+,59-41?. The van der Waals surface area contributed by atoms with Crippen LogP contribution in [0.4, 0.5) is 22.7 Å². The van der Waals surface area contributed by atoms with Crippen molar-refractivity contribution in [1.29, 1.82) is 0 Å². The molecule has 0 atom stereocenters. The summed E-state index contributed by atoms with van der Waals surface area (Å²) in [6.45, 7) is 8.08. The van der Waals surface area contributed by atoms with E-state index >= 15 is 0 Å². The van der Waals surface area contributed by atoms with Gasteiger partial charge < -0.3 is 30.2 Å². The van der Waals surface area contributed by atoms with E-state index < -0.39 is 0 Å². The molecule has 62 heavy (non-hydrogen) atoms. The van der Waals surface area contributed by atoms with E-state index in [2.05, 4.69) is 46.3 Å². The van der Waals surface area contributed by atoms with Crippen LogP contribution in [0.3, 0.4) is 0 Å². The molecule has 310 valence electrons. The molecule has 6 aromatic carbocycles. The molecular weight excluding hydrogens is 765 g/mol. The van der Waals surface area contributed by atoms with Gasteiger partial charge in [0.1, 0.15) is 34.5 Å². The van der Waals surface area contributed by atoms with Gasteiger partial charge in [0.2, 0.25) is 0 Å². The lowest BCUT2D eigenvalue weighted by Gasteiger charge is -2.09. The van der Waals surface area contributed by atoms with Crippen LogP contribution in [0.25, 0.3) is 0 Å². The number of anilines is 3. The van der Waals surface area contributed by atoms with Gasteiger partial charge in [0.05, 0.1) is 5.69 Å². The number of ether oxygens (including phenoxy) is 3. The van der Waals surface area contributed by atoms with E-state index in [-0.39, 0.29) is 0 Å². The Labute approximate surface area is 366 Å². The molecule has 0 aliphatic carbocycles. The number of allylic oxidation sites excluding steroid dienone is 11. The Hall–Kier alpha value is -8.03. The maximum Gasteiger partial charge on any atom is 0.129 e. The Bertz CT molecular complexity index is 2580. The fraction of sp³-hybridized carbons (Fsp3) is 0.0727. The summed E-state index contributed by atoms with van der Waals surface area (Å²) < 4.78 is 18.1. The largest absolute Gasteiger partial charge is 0.457 e. The van der Waals surface area contributed by atoms with Crippen LogP contribution < -0.4 is 30.2 Å². The quantitative estimate of drug-likeness (QED) is 0.0558. The van der Waals surface area contributed by atoms with Crippen molar-refractivity contribution < 1.29 is 14.2 Å². The summed E-state index contributed by atoms with van der Waals surface area (Å²) in [6, 6.07) is 50.9. The zero-order chi connectivity index (χ0) is 43.2. The van der Waals surface area contributed by atoms with E-state index in [1.165, 1.54) is 0 Å². The summed E-state index contributed by atoms with van der Waals surface area (Å²) in [5.41, 5.74) is 7.81. The maximum absolute atomic E-state index is 6.14. The lowest BCUT2D eigenvalue weighted by Crippen LogP contribution is -1.92. The monoisotopic (exact) mass is 816 g/mol. The Kier molecular flexibility index (Phi) is 16.5. The maximum atomic E-state index is 6.14. The molecule has 7 nitrogen and oxygen atoms in total. The minimum Gasteiger partial charge on any atom is -0.457 e. The summed E-state index contributed by atoms with van der Waals surface area (Å²) in [5, 5.41) is 10.1. The third-order valence-corrected chi connectivity index (χ3v) is 9.35. The molecule has 6 rings (SSSR count). The van der Waals surface area contributed by atoms with Crippen LogP contribution in [0.1, 0.15) is 27.7 Å². The predicted molar refractivity (Wildman–Crippen MR) is 260 cm³/mol. The van der Waals surface area contributed by atoms with Crippen molar-refractivity contribution in [3.63, 3.8) is 0 Å². The van der Waals surface area contributed by atoms with Crippen LogP contribution in [-0.2, 0) is 0 Å². The minimum absolute atomic E-state index is 0.726. The molecule has 0 amide bonds. The molecule has 0 unspecified atom stereocenters. The first-order valence-electron chi connectivity index (χ1n) is 20.5. The summed E-state index contributed by atoms with van der Waals surface area (Å²) in [6.07, 6.45) is 22.1. The van der Waals surface area contributed by atoms with Crippen LogP contribution >= 0.6 is 0 Å². The van der Waals surface area contributed by atoms with Crippen LogP contribution in [0.5, 0.6) is 34.5 Å². The molecule has 0 fully saturated rings. The number of rotatable bonds is 19. The second-order valence-electron chi connectivity index (χ2n) is 13.7. The molecule has 0 spiro atoms. The van der Waals surface area contributed by atoms with Crippen molar-refractivity contribution in [2.45, 2.75) is 27.7 Å². The van der Waals surface area contributed by atoms with Crippen LogP contribution in [0, 0.1) is 0 Å². The molecule has 0 saturated carbocycles. The third kappa shape index (κ3) is 13.8. The fourth-order valence-electron chi connectivity index (χ4n) is 6.12. The van der Waals surface area contributed by atoms with Gasteiger partial charge in [-0.25, -0.2) is 0 Å². The number of benzene rings is 6. The summed E-state index contributed by atoms with van der Waals surface area (Å²) >= 11 is 0.